The van der Waals surface area contributed by atoms with Crippen LogP contribution in [0.15, 0.2) is 71.3 Å². The van der Waals surface area contributed by atoms with E-state index in [0.29, 0.717) is 29.0 Å². The fraction of sp³-hybridized carbons (Fsp3) is 0.281. The molecule has 0 radical (unpaired) electrons. The van der Waals surface area contributed by atoms with Gasteiger partial charge in [0.25, 0.3) is 5.91 Å². The number of rotatable bonds is 9. The van der Waals surface area contributed by atoms with Gasteiger partial charge in [0, 0.05) is 17.7 Å². The van der Waals surface area contributed by atoms with Crippen molar-refractivity contribution in [1.82, 2.24) is 10.2 Å². The number of halogens is 5. The van der Waals surface area contributed by atoms with Gasteiger partial charge in [0.1, 0.15) is 24.5 Å². The van der Waals surface area contributed by atoms with Gasteiger partial charge in [-0.15, -0.1) is 0 Å². The molecule has 0 spiro atoms. The molecule has 3 N–H and O–H groups in total. The van der Waals surface area contributed by atoms with E-state index in [2.05, 4.69) is 5.32 Å². The normalized spacial score (nSPS) is 13.5. The molecule has 1 saturated heterocycles. The quantitative estimate of drug-likeness (QED) is 0.185. The van der Waals surface area contributed by atoms with Crippen molar-refractivity contribution in [2.45, 2.75) is 25.6 Å². The summed E-state index contributed by atoms with van der Waals surface area (Å²) in [5, 5.41) is 19.9. The Balaban J connectivity index is 0.000000617. The molecule has 0 unspecified atom stereocenters. The average molecular weight is 649 g/mol. The average Bonchev–Trinajstić information content (AvgIpc) is 3.52. The lowest BCUT2D eigenvalue weighted by atomic mass is 9.97. The lowest BCUT2D eigenvalue weighted by Gasteiger charge is -2.29. The Labute approximate surface area is 259 Å². The summed E-state index contributed by atoms with van der Waals surface area (Å²) >= 11 is 0. The van der Waals surface area contributed by atoms with Crippen LogP contribution in [0.25, 0.3) is 22.1 Å². The number of amides is 1. The predicted octanol–water partition coefficient (Wildman–Crippen LogP) is 6.12. The van der Waals surface area contributed by atoms with Crippen molar-refractivity contribution >= 4 is 28.8 Å². The molecule has 1 fully saturated rings. The molecule has 1 aromatic heterocycles. The molecule has 4 aromatic rings. The Kier molecular flexibility index (Phi) is 11.0. The lowest BCUT2D eigenvalue weighted by molar-refractivity contribution is -0.192. The molecule has 14 heteroatoms. The molecule has 0 saturated carbocycles. The van der Waals surface area contributed by atoms with Crippen LogP contribution in [0, 0.1) is 17.6 Å². The number of carboxylic acids is 2. The number of carbonyl (C=O) groups is 3. The highest BCUT2D eigenvalue weighted by Crippen LogP contribution is 2.33. The summed E-state index contributed by atoms with van der Waals surface area (Å²) in [6.07, 6.45) is -1.96. The van der Waals surface area contributed by atoms with E-state index in [1.165, 1.54) is 17.2 Å². The first kappa shape index (κ1) is 33.9. The third-order valence-electron chi connectivity index (χ3n) is 7.16. The summed E-state index contributed by atoms with van der Waals surface area (Å²) in [4.78, 5) is 35.0. The second-order valence-electron chi connectivity index (χ2n) is 10.5. The minimum atomic E-state index is -5.08. The lowest BCUT2D eigenvalue weighted by Crippen LogP contribution is -2.41. The van der Waals surface area contributed by atoms with Crippen molar-refractivity contribution in [3.8, 4) is 16.9 Å². The largest absolute Gasteiger partial charge is 0.490 e. The number of nitrogens with zero attached hydrogens (tertiary/aromatic N) is 1. The minimum Gasteiger partial charge on any atom is -0.489 e. The fourth-order valence-electron chi connectivity index (χ4n) is 4.92. The Morgan fingerprint density at radius 1 is 0.978 bits per heavy atom. The molecule has 46 heavy (non-hydrogen) atoms. The van der Waals surface area contributed by atoms with Gasteiger partial charge in [-0.25, -0.2) is 13.6 Å². The standard InChI is InChI=1S/C30H28F2N2O5.C2HF3O2/c31-26-15-25(29-24(28(26)32)10-13-38-29)21-4-6-23(7-5-21)39-18-20-2-1-3-22(14-20)30(37)34(17-27(35)36)16-19-8-11-33-12-9-19;3-2(4,5)1(6)7/h1-7,10,13-15,19,33H,8-9,11-12,16-18H2,(H,35,36);(H,6,7). The number of carboxylic acid groups (broad SMARTS) is 2. The van der Waals surface area contributed by atoms with Crippen LogP contribution in [0.2, 0.25) is 0 Å². The molecule has 5 rings (SSSR count). The van der Waals surface area contributed by atoms with Crippen LogP contribution in [0.5, 0.6) is 5.75 Å². The van der Waals surface area contributed by atoms with E-state index in [0.717, 1.165) is 37.6 Å². The van der Waals surface area contributed by atoms with Crippen LogP contribution in [0.4, 0.5) is 22.0 Å². The Morgan fingerprint density at radius 2 is 1.65 bits per heavy atom. The number of alkyl halides is 3. The number of furan rings is 1. The van der Waals surface area contributed by atoms with Crippen LogP contribution in [-0.2, 0) is 16.2 Å². The number of hydrogen-bond donors (Lipinski definition) is 3. The molecule has 244 valence electrons. The molecule has 1 amide bonds. The van der Waals surface area contributed by atoms with E-state index in [1.54, 1.807) is 42.5 Å². The third kappa shape index (κ3) is 8.81. The van der Waals surface area contributed by atoms with Crippen molar-refractivity contribution in [1.29, 1.82) is 0 Å². The number of benzene rings is 3. The predicted molar refractivity (Wildman–Crippen MR) is 155 cm³/mol. The number of piperidine rings is 1. The van der Waals surface area contributed by atoms with E-state index < -0.39 is 29.7 Å². The molecular weight excluding hydrogens is 619 g/mol. The summed E-state index contributed by atoms with van der Waals surface area (Å²) in [6, 6.07) is 16.4. The van der Waals surface area contributed by atoms with E-state index in [4.69, 9.17) is 19.1 Å². The number of hydrogen-bond acceptors (Lipinski definition) is 6. The van der Waals surface area contributed by atoms with E-state index >= 15 is 0 Å². The van der Waals surface area contributed by atoms with Crippen LogP contribution >= 0.6 is 0 Å². The number of ether oxygens (including phenoxy) is 1. The molecule has 0 bridgehead atoms. The summed E-state index contributed by atoms with van der Waals surface area (Å²) in [6.45, 7) is 1.96. The molecule has 0 atom stereocenters. The zero-order valence-corrected chi connectivity index (χ0v) is 24.2. The first-order chi connectivity index (χ1) is 21.8. The Morgan fingerprint density at radius 3 is 2.28 bits per heavy atom. The smallest absolute Gasteiger partial charge is 0.489 e. The van der Waals surface area contributed by atoms with Gasteiger partial charge < -0.3 is 29.6 Å². The Bertz CT molecular complexity index is 1680. The minimum absolute atomic E-state index is 0.0809. The topological polar surface area (TPSA) is 129 Å². The molecular formula is C32H29F5N2O7. The maximum absolute atomic E-state index is 14.1. The maximum Gasteiger partial charge on any atom is 0.490 e. The molecule has 3 aromatic carbocycles. The molecule has 2 heterocycles. The van der Waals surface area contributed by atoms with E-state index in [-0.39, 0.29) is 35.9 Å². The number of carbonyl (C=O) groups excluding carboxylic acids is 1. The van der Waals surface area contributed by atoms with Crippen molar-refractivity contribution < 1.29 is 55.7 Å². The van der Waals surface area contributed by atoms with Crippen molar-refractivity contribution in [3.63, 3.8) is 0 Å². The second kappa shape index (κ2) is 14.9. The summed E-state index contributed by atoms with van der Waals surface area (Å²) in [5.41, 5.74) is 2.49. The number of nitrogens with one attached hydrogen (secondary N) is 1. The van der Waals surface area contributed by atoms with Crippen molar-refractivity contribution in [3.05, 3.63) is 89.7 Å². The van der Waals surface area contributed by atoms with Gasteiger partial charge in [-0.05, 0) is 79.4 Å². The zero-order chi connectivity index (χ0) is 33.4. The first-order valence-electron chi connectivity index (χ1n) is 14.0. The van der Waals surface area contributed by atoms with Crippen LogP contribution in [0.1, 0.15) is 28.8 Å². The third-order valence-corrected chi connectivity index (χ3v) is 7.16. The molecule has 1 aliphatic rings. The summed E-state index contributed by atoms with van der Waals surface area (Å²) in [5.74, 6) is -5.21. The van der Waals surface area contributed by atoms with Gasteiger partial charge in [0.15, 0.2) is 11.6 Å². The number of fused-ring (bicyclic) bond motifs is 1. The highest BCUT2D eigenvalue weighted by molar-refractivity contribution is 5.96. The van der Waals surface area contributed by atoms with Gasteiger partial charge in [-0.1, -0.05) is 24.3 Å². The van der Waals surface area contributed by atoms with Crippen molar-refractivity contribution in [2.75, 3.05) is 26.2 Å². The van der Waals surface area contributed by atoms with Gasteiger partial charge in [-0.3, -0.25) is 9.59 Å². The van der Waals surface area contributed by atoms with E-state index in [9.17, 15) is 36.6 Å². The zero-order valence-electron chi connectivity index (χ0n) is 24.2. The van der Waals surface area contributed by atoms with E-state index in [1.807, 2.05) is 6.07 Å². The highest BCUT2D eigenvalue weighted by Gasteiger charge is 2.38. The van der Waals surface area contributed by atoms with Gasteiger partial charge in [-0.2, -0.15) is 13.2 Å². The molecule has 9 nitrogen and oxygen atoms in total. The first-order valence-corrected chi connectivity index (χ1v) is 14.0. The fourth-order valence-corrected chi connectivity index (χ4v) is 4.92. The SMILES string of the molecule is O=C(O)C(F)(F)F.O=C(O)CN(CC1CCNCC1)C(=O)c1cccc(COc2ccc(-c3cc(F)c(F)c4ccoc34)cc2)c1. The monoisotopic (exact) mass is 648 g/mol. The Hall–Kier alpha value is -4.98. The van der Waals surface area contributed by atoms with Gasteiger partial charge in [0.2, 0.25) is 0 Å². The summed E-state index contributed by atoms with van der Waals surface area (Å²) in [7, 11) is 0. The van der Waals surface area contributed by atoms with Crippen LogP contribution in [0.3, 0.4) is 0 Å². The maximum atomic E-state index is 14.1. The van der Waals surface area contributed by atoms with Gasteiger partial charge in [0.05, 0.1) is 11.6 Å². The molecule has 0 aliphatic carbocycles. The van der Waals surface area contributed by atoms with Crippen molar-refractivity contribution in [2.24, 2.45) is 5.92 Å². The van der Waals surface area contributed by atoms with Gasteiger partial charge >= 0.3 is 18.1 Å². The second-order valence-corrected chi connectivity index (χ2v) is 10.5. The highest BCUT2D eigenvalue weighted by atomic mass is 19.4. The summed E-state index contributed by atoms with van der Waals surface area (Å²) < 4.78 is 71.1. The number of aliphatic carboxylic acids is 2. The van der Waals surface area contributed by atoms with Crippen LogP contribution < -0.4 is 10.1 Å². The molecule has 1 aliphatic heterocycles. The van der Waals surface area contributed by atoms with Crippen LogP contribution in [-0.4, -0.2) is 65.3 Å².